The van der Waals surface area contributed by atoms with Crippen LogP contribution in [0.25, 0.3) is 0 Å². The molecule has 0 aromatic rings. The fraction of sp³-hybridized carbons (Fsp3) is 0.905. The summed E-state index contributed by atoms with van der Waals surface area (Å²) in [6, 6.07) is 0. The summed E-state index contributed by atoms with van der Waals surface area (Å²) in [4.78, 5) is 0. The monoisotopic (exact) mass is 318 g/mol. The minimum Gasteiger partial charge on any atom is -0.390 e. The summed E-state index contributed by atoms with van der Waals surface area (Å²) in [6.07, 6.45) is 11.0. The topological polar surface area (TPSA) is 40.5 Å². The molecule has 0 bridgehead atoms. The summed E-state index contributed by atoms with van der Waals surface area (Å²) < 4.78 is 0. The number of aliphatic hydroxyl groups excluding tert-OH is 2. The second kappa shape index (κ2) is 5.33. The van der Waals surface area contributed by atoms with Crippen LogP contribution in [0.3, 0.4) is 0 Å². The van der Waals surface area contributed by atoms with Gasteiger partial charge >= 0.3 is 0 Å². The summed E-state index contributed by atoms with van der Waals surface area (Å²) in [5.74, 6) is 2.30. The van der Waals surface area contributed by atoms with Crippen molar-refractivity contribution in [3.63, 3.8) is 0 Å². The van der Waals surface area contributed by atoms with Crippen molar-refractivity contribution in [2.45, 2.75) is 84.3 Å². The van der Waals surface area contributed by atoms with Crippen molar-refractivity contribution >= 4 is 0 Å². The highest BCUT2D eigenvalue weighted by Crippen LogP contribution is 2.67. The van der Waals surface area contributed by atoms with Gasteiger partial charge in [-0.1, -0.05) is 33.3 Å². The maximum Gasteiger partial charge on any atom is 0.102 e. The summed E-state index contributed by atoms with van der Waals surface area (Å²) >= 11 is 0. The number of allylic oxidation sites excluding steroid dienone is 1. The fourth-order valence-electron chi connectivity index (χ4n) is 7.55. The van der Waals surface area contributed by atoms with Gasteiger partial charge in [-0.3, -0.25) is 0 Å². The molecule has 3 saturated carbocycles. The molecule has 0 radical (unpaired) electrons. The molecule has 0 aliphatic heterocycles. The smallest absolute Gasteiger partial charge is 0.102 e. The molecule has 4 aliphatic rings. The van der Waals surface area contributed by atoms with Gasteiger partial charge in [0.15, 0.2) is 0 Å². The largest absolute Gasteiger partial charge is 0.390 e. The van der Waals surface area contributed by atoms with Gasteiger partial charge < -0.3 is 10.2 Å². The second-order valence-corrected chi connectivity index (χ2v) is 9.42. The molecule has 3 fully saturated rings. The third-order valence-corrected chi connectivity index (χ3v) is 8.80. The van der Waals surface area contributed by atoms with E-state index in [9.17, 15) is 10.2 Å². The van der Waals surface area contributed by atoms with E-state index in [-0.39, 0.29) is 5.41 Å². The highest BCUT2D eigenvalue weighted by molar-refractivity contribution is 5.29. The molecule has 8 atom stereocenters. The molecule has 2 N–H and O–H groups in total. The van der Waals surface area contributed by atoms with E-state index in [1.165, 1.54) is 50.5 Å². The molecule has 0 heterocycles. The highest BCUT2D eigenvalue weighted by Gasteiger charge is 2.62. The number of hydrogen-bond donors (Lipinski definition) is 2. The van der Waals surface area contributed by atoms with Gasteiger partial charge in [0.05, 0.1) is 6.10 Å². The third kappa shape index (κ3) is 2.00. The molecule has 130 valence electrons. The number of rotatable bonds is 1. The lowest BCUT2D eigenvalue weighted by atomic mass is 9.45. The van der Waals surface area contributed by atoms with Crippen molar-refractivity contribution in [2.75, 3.05) is 0 Å². The Morgan fingerprint density at radius 2 is 1.87 bits per heavy atom. The summed E-state index contributed by atoms with van der Waals surface area (Å²) in [5.41, 5.74) is 1.70. The fourth-order valence-corrected chi connectivity index (χ4v) is 7.55. The van der Waals surface area contributed by atoms with Gasteiger partial charge in [-0.15, -0.1) is 0 Å². The average Bonchev–Trinajstić information content (AvgIpc) is 2.88. The Labute approximate surface area is 141 Å². The van der Waals surface area contributed by atoms with Gasteiger partial charge in [0.1, 0.15) is 6.10 Å². The van der Waals surface area contributed by atoms with Crippen LogP contribution < -0.4 is 0 Å². The molecule has 23 heavy (non-hydrogen) atoms. The van der Waals surface area contributed by atoms with Crippen molar-refractivity contribution in [3.05, 3.63) is 11.6 Å². The van der Waals surface area contributed by atoms with Crippen molar-refractivity contribution < 1.29 is 10.2 Å². The Bertz CT molecular complexity index is 512. The normalized spacial score (nSPS) is 55.6. The van der Waals surface area contributed by atoms with E-state index in [1.54, 1.807) is 0 Å². The molecular weight excluding hydrogens is 284 g/mol. The molecular formula is C21H34O2. The Morgan fingerprint density at radius 3 is 2.61 bits per heavy atom. The van der Waals surface area contributed by atoms with Crippen LogP contribution >= 0.6 is 0 Å². The van der Waals surface area contributed by atoms with Crippen LogP contribution in [0.1, 0.15) is 72.1 Å². The number of hydrogen-bond acceptors (Lipinski definition) is 2. The Hall–Kier alpha value is -0.340. The van der Waals surface area contributed by atoms with Gasteiger partial charge in [0.25, 0.3) is 0 Å². The van der Waals surface area contributed by atoms with Crippen molar-refractivity contribution in [2.24, 2.45) is 34.5 Å². The molecule has 0 aromatic heterocycles. The van der Waals surface area contributed by atoms with Crippen molar-refractivity contribution in [1.82, 2.24) is 0 Å². The Morgan fingerprint density at radius 1 is 1.09 bits per heavy atom. The quantitative estimate of drug-likeness (QED) is 0.707. The predicted molar refractivity (Wildman–Crippen MR) is 92.9 cm³/mol. The number of aliphatic hydroxyl groups is 2. The zero-order valence-corrected chi connectivity index (χ0v) is 15.1. The first-order valence-electron chi connectivity index (χ1n) is 10.00. The van der Waals surface area contributed by atoms with E-state index in [1.807, 2.05) is 0 Å². The first-order valence-corrected chi connectivity index (χ1v) is 10.00. The Balaban J connectivity index is 1.75. The molecule has 2 nitrogen and oxygen atoms in total. The maximum absolute atomic E-state index is 11.1. The minimum absolute atomic E-state index is 0.132. The lowest BCUT2D eigenvalue weighted by molar-refractivity contribution is -0.147. The van der Waals surface area contributed by atoms with Crippen LogP contribution in [-0.4, -0.2) is 22.4 Å². The summed E-state index contributed by atoms with van der Waals surface area (Å²) in [5, 5.41) is 21.9. The summed E-state index contributed by atoms with van der Waals surface area (Å²) in [7, 11) is 0. The van der Waals surface area contributed by atoms with Crippen LogP contribution in [0.4, 0.5) is 0 Å². The lowest BCUT2D eigenvalue weighted by Gasteiger charge is -2.60. The second-order valence-electron chi connectivity index (χ2n) is 9.42. The zero-order chi connectivity index (χ0) is 16.4. The van der Waals surface area contributed by atoms with Crippen molar-refractivity contribution in [3.8, 4) is 0 Å². The highest BCUT2D eigenvalue weighted by atomic mass is 16.3. The molecule has 0 aromatic carbocycles. The lowest BCUT2D eigenvalue weighted by Crippen LogP contribution is -2.60. The van der Waals surface area contributed by atoms with E-state index >= 15 is 0 Å². The Kier molecular flexibility index (Phi) is 3.74. The molecule has 4 aliphatic carbocycles. The van der Waals surface area contributed by atoms with Crippen molar-refractivity contribution in [1.29, 1.82) is 0 Å². The SMILES string of the molecule is CC[C@H]1CC[C@H]2[C@@H]3[C@@H](O)[C@@H](O)C4=CCCC[C@]4(C)[C@H]3CC[C@]12C. The summed E-state index contributed by atoms with van der Waals surface area (Å²) in [6.45, 7) is 7.21. The van der Waals surface area contributed by atoms with Gasteiger partial charge in [-0.05, 0) is 85.0 Å². The van der Waals surface area contributed by atoms with Gasteiger partial charge in [0, 0.05) is 0 Å². The molecule has 0 amide bonds. The minimum atomic E-state index is -0.621. The number of fused-ring (bicyclic) bond motifs is 5. The molecule has 2 heteroatoms. The molecule has 0 spiro atoms. The molecule has 0 unspecified atom stereocenters. The predicted octanol–water partition coefficient (Wildman–Crippen LogP) is 4.31. The van der Waals surface area contributed by atoms with Crippen LogP contribution in [0, 0.1) is 34.5 Å². The van der Waals surface area contributed by atoms with E-state index < -0.39 is 12.2 Å². The average molecular weight is 319 g/mol. The van der Waals surface area contributed by atoms with E-state index in [4.69, 9.17) is 0 Å². The van der Waals surface area contributed by atoms with E-state index in [2.05, 4.69) is 26.8 Å². The van der Waals surface area contributed by atoms with E-state index in [0.717, 1.165) is 12.3 Å². The maximum atomic E-state index is 11.1. The first-order chi connectivity index (χ1) is 10.9. The van der Waals surface area contributed by atoms with Crippen LogP contribution in [-0.2, 0) is 0 Å². The zero-order valence-electron chi connectivity index (χ0n) is 15.1. The van der Waals surface area contributed by atoms with Crippen LogP contribution in [0.15, 0.2) is 11.6 Å². The van der Waals surface area contributed by atoms with Crippen LogP contribution in [0.5, 0.6) is 0 Å². The van der Waals surface area contributed by atoms with Crippen LogP contribution in [0.2, 0.25) is 0 Å². The standard InChI is InChI=1S/C21H34O2/c1-4-13-8-9-14-17-15(10-12-20(13,14)2)21(3)11-6-5-7-16(21)18(22)19(17)23/h7,13-15,17-19,22-23H,4-6,8-12H2,1-3H3/t13-,14-,15-,17-,18-,19+,20+,21+/m0/s1. The first kappa shape index (κ1) is 16.1. The van der Waals surface area contributed by atoms with Gasteiger partial charge in [-0.25, -0.2) is 0 Å². The van der Waals surface area contributed by atoms with E-state index in [0.29, 0.717) is 23.2 Å². The third-order valence-electron chi connectivity index (χ3n) is 8.80. The molecule has 4 rings (SSSR count). The van der Waals surface area contributed by atoms with Gasteiger partial charge in [0.2, 0.25) is 0 Å². The molecule has 0 saturated heterocycles. The van der Waals surface area contributed by atoms with Gasteiger partial charge in [-0.2, -0.15) is 0 Å².